The van der Waals surface area contributed by atoms with Crippen molar-refractivity contribution in [3.63, 3.8) is 0 Å². The summed E-state index contributed by atoms with van der Waals surface area (Å²) in [5.41, 5.74) is 6.77. The highest BCUT2D eigenvalue weighted by Gasteiger charge is 2.07. The first kappa shape index (κ1) is 13.9. The highest BCUT2D eigenvalue weighted by atomic mass is 16.5. The lowest BCUT2D eigenvalue weighted by Gasteiger charge is -2.22. The first-order valence-corrected chi connectivity index (χ1v) is 5.75. The van der Waals surface area contributed by atoms with Crippen LogP contribution in [0.4, 0.5) is 5.82 Å². The van der Waals surface area contributed by atoms with Crippen LogP contribution in [0.5, 0.6) is 0 Å². The second-order valence-corrected chi connectivity index (χ2v) is 3.94. The van der Waals surface area contributed by atoms with Crippen molar-refractivity contribution in [2.75, 3.05) is 38.3 Å². The van der Waals surface area contributed by atoms with Gasteiger partial charge in [0.05, 0.1) is 13.2 Å². The summed E-state index contributed by atoms with van der Waals surface area (Å²) in [6.07, 6.45) is 1.77. The smallest absolute Gasteiger partial charge is 0.128 e. The number of aliphatic hydroxyl groups is 1. The molecule has 0 amide bonds. The summed E-state index contributed by atoms with van der Waals surface area (Å²) in [5.74, 6) is 0.834. The molecular weight excluding hydrogens is 218 g/mol. The van der Waals surface area contributed by atoms with E-state index in [1.165, 1.54) is 0 Å². The van der Waals surface area contributed by atoms with E-state index >= 15 is 0 Å². The average molecular weight is 239 g/mol. The fourth-order valence-electron chi connectivity index (χ4n) is 1.52. The summed E-state index contributed by atoms with van der Waals surface area (Å²) < 4.78 is 5.03. The molecule has 5 heteroatoms. The number of nitrogens with zero attached hydrogens (tertiary/aromatic N) is 2. The Balaban J connectivity index is 2.72. The normalized spacial score (nSPS) is 12.5. The highest BCUT2D eigenvalue weighted by Crippen LogP contribution is 2.14. The number of aromatic nitrogens is 1. The van der Waals surface area contributed by atoms with Crippen LogP contribution >= 0.6 is 0 Å². The quantitative estimate of drug-likeness (QED) is 0.727. The minimum absolute atomic E-state index is 0.0122. The minimum atomic E-state index is -0.0122. The molecule has 3 N–H and O–H groups in total. The van der Waals surface area contributed by atoms with E-state index in [0.717, 1.165) is 11.4 Å². The molecule has 17 heavy (non-hydrogen) atoms. The van der Waals surface area contributed by atoms with Gasteiger partial charge in [0.2, 0.25) is 0 Å². The third-order valence-corrected chi connectivity index (χ3v) is 2.56. The maximum atomic E-state index is 9.01. The lowest BCUT2D eigenvalue weighted by molar-refractivity contribution is 0.202. The third kappa shape index (κ3) is 4.30. The molecule has 0 spiro atoms. The predicted octanol–water partition coefficient (Wildman–Crippen LogP) is 0.546. The molecule has 1 heterocycles. The van der Waals surface area contributed by atoms with Gasteiger partial charge in [-0.2, -0.15) is 0 Å². The van der Waals surface area contributed by atoms with Crippen LogP contribution < -0.4 is 10.6 Å². The van der Waals surface area contributed by atoms with Crippen molar-refractivity contribution in [1.82, 2.24) is 4.98 Å². The Morgan fingerprint density at radius 3 is 2.71 bits per heavy atom. The van der Waals surface area contributed by atoms with Gasteiger partial charge in [0.15, 0.2) is 0 Å². The van der Waals surface area contributed by atoms with Gasteiger partial charge in [-0.05, 0) is 18.6 Å². The van der Waals surface area contributed by atoms with Crippen LogP contribution in [0.2, 0.25) is 0 Å². The van der Waals surface area contributed by atoms with Crippen LogP contribution in [0, 0.1) is 0 Å². The summed E-state index contributed by atoms with van der Waals surface area (Å²) in [5, 5.41) is 9.01. The Kier molecular flexibility index (Phi) is 5.90. The SMILES string of the molecule is COCCN(CCO)c1ccc([C@@H](C)N)cn1. The monoisotopic (exact) mass is 239 g/mol. The highest BCUT2D eigenvalue weighted by molar-refractivity contribution is 5.39. The van der Waals surface area contributed by atoms with E-state index in [2.05, 4.69) is 4.98 Å². The Hall–Kier alpha value is -1.17. The van der Waals surface area contributed by atoms with Crippen LogP contribution in [0.1, 0.15) is 18.5 Å². The summed E-state index contributed by atoms with van der Waals surface area (Å²) in [7, 11) is 1.66. The summed E-state index contributed by atoms with van der Waals surface area (Å²) in [4.78, 5) is 6.33. The van der Waals surface area contributed by atoms with E-state index in [4.69, 9.17) is 15.6 Å². The average Bonchev–Trinajstić information content (AvgIpc) is 2.34. The molecule has 0 unspecified atom stereocenters. The first-order chi connectivity index (χ1) is 8.19. The standard InChI is InChI=1S/C12H21N3O2/c1-10(13)11-3-4-12(14-9-11)15(5-7-16)6-8-17-2/h3-4,9-10,16H,5-8,13H2,1-2H3/t10-/m1/s1. The molecule has 0 radical (unpaired) electrons. The van der Waals surface area contributed by atoms with E-state index in [0.29, 0.717) is 19.7 Å². The van der Waals surface area contributed by atoms with Gasteiger partial charge in [-0.1, -0.05) is 6.07 Å². The zero-order chi connectivity index (χ0) is 12.7. The summed E-state index contributed by atoms with van der Waals surface area (Å²) in [6.45, 7) is 3.89. The molecule has 0 aliphatic carbocycles. The maximum Gasteiger partial charge on any atom is 0.128 e. The zero-order valence-electron chi connectivity index (χ0n) is 10.5. The number of methoxy groups -OCH3 is 1. The molecule has 0 aliphatic rings. The van der Waals surface area contributed by atoms with E-state index in [-0.39, 0.29) is 12.6 Å². The van der Waals surface area contributed by atoms with Crippen molar-refractivity contribution in [2.45, 2.75) is 13.0 Å². The van der Waals surface area contributed by atoms with Crippen LogP contribution in [0.25, 0.3) is 0 Å². The summed E-state index contributed by atoms with van der Waals surface area (Å²) >= 11 is 0. The van der Waals surface area contributed by atoms with E-state index in [1.54, 1.807) is 13.3 Å². The second-order valence-electron chi connectivity index (χ2n) is 3.94. The number of rotatable bonds is 7. The van der Waals surface area contributed by atoms with Gasteiger partial charge < -0.3 is 20.5 Å². The maximum absolute atomic E-state index is 9.01. The molecule has 0 saturated heterocycles. The van der Waals surface area contributed by atoms with Crippen LogP contribution in [0.3, 0.4) is 0 Å². The van der Waals surface area contributed by atoms with E-state index < -0.39 is 0 Å². The molecule has 96 valence electrons. The van der Waals surface area contributed by atoms with Crippen LogP contribution in [-0.2, 0) is 4.74 Å². The van der Waals surface area contributed by atoms with Gasteiger partial charge in [-0.25, -0.2) is 4.98 Å². The van der Waals surface area contributed by atoms with E-state index in [9.17, 15) is 0 Å². The fourth-order valence-corrected chi connectivity index (χ4v) is 1.52. The number of anilines is 1. The lowest BCUT2D eigenvalue weighted by Crippen LogP contribution is -2.30. The Labute approximate surface area is 102 Å². The van der Waals surface area contributed by atoms with Crippen molar-refractivity contribution in [3.8, 4) is 0 Å². The van der Waals surface area contributed by atoms with Crippen LogP contribution in [-0.4, -0.2) is 43.5 Å². The number of nitrogens with two attached hydrogens (primary N) is 1. The van der Waals surface area contributed by atoms with Gasteiger partial charge in [-0.3, -0.25) is 0 Å². The van der Waals surface area contributed by atoms with Crippen molar-refractivity contribution < 1.29 is 9.84 Å². The number of aliphatic hydroxyl groups excluding tert-OH is 1. The van der Waals surface area contributed by atoms with Gasteiger partial charge in [0, 0.05) is 32.4 Å². The van der Waals surface area contributed by atoms with Gasteiger partial charge in [0.25, 0.3) is 0 Å². The molecule has 1 aromatic heterocycles. The van der Waals surface area contributed by atoms with Gasteiger partial charge in [0.1, 0.15) is 5.82 Å². The van der Waals surface area contributed by atoms with Crippen molar-refractivity contribution in [1.29, 1.82) is 0 Å². The molecule has 5 nitrogen and oxygen atoms in total. The Morgan fingerprint density at radius 1 is 1.47 bits per heavy atom. The Morgan fingerprint density at radius 2 is 2.24 bits per heavy atom. The Bertz CT molecular complexity index is 314. The fraction of sp³-hybridized carbons (Fsp3) is 0.583. The molecule has 0 aromatic carbocycles. The molecule has 1 atom stereocenters. The molecule has 1 aromatic rings. The number of hydrogen-bond acceptors (Lipinski definition) is 5. The number of ether oxygens (including phenoxy) is 1. The molecule has 0 saturated carbocycles. The minimum Gasteiger partial charge on any atom is -0.395 e. The van der Waals surface area contributed by atoms with Gasteiger partial charge in [-0.15, -0.1) is 0 Å². The lowest BCUT2D eigenvalue weighted by atomic mass is 10.1. The van der Waals surface area contributed by atoms with Crippen LogP contribution in [0.15, 0.2) is 18.3 Å². The first-order valence-electron chi connectivity index (χ1n) is 5.75. The van der Waals surface area contributed by atoms with Gasteiger partial charge >= 0.3 is 0 Å². The zero-order valence-corrected chi connectivity index (χ0v) is 10.5. The van der Waals surface area contributed by atoms with Crippen molar-refractivity contribution in [3.05, 3.63) is 23.9 Å². The second kappa shape index (κ2) is 7.21. The summed E-state index contributed by atoms with van der Waals surface area (Å²) in [6, 6.07) is 3.87. The largest absolute Gasteiger partial charge is 0.395 e. The van der Waals surface area contributed by atoms with E-state index in [1.807, 2.05) is 24.0 Å². The molecule has 0 fully saturated rings. The molecule has 1 rings (SSSR count). The number of pyridine rings is 1. The predicted molar refractivity (Wildman–Crippen MR) is 68.0 cm³/mol. The molecule has 0 bridgehead atoms. The topological polar surface area (TPSA) is 71.6 Å². The van der Waals surface area contributed by atoms with Crippen molar-refractivity contribution >= 4 is 5.82 Å². The number of hydrogen-bond donors (Lipinski definition) is 2. The molecule has 0 aliphatic heterocycles. The van der Waals surface area contributed by atoms with Crippen molar-refractivity contribution in [2.24, 2.45) is 5.73 Å². The third-order valence-electron chi connectivity index (χ3n) is 2.56. The molecular formula is C12H21N3O2.